The molecule has 0 bridgehead atoms. The number of Topliss-reactive ketones (excluding diaryl/α,β-unsaturated/α-hetero) is 1. The minimum absolute atomic E-state index is 0.0289. The summed E-state index contributed by atoms with van der Waals surface area (Å²) in [6.45, 7) is 2.09. The third kappa shape index (κ3) is 6.02. The fourth-order valence-corrected chi connectivity index (χ4v) is 3.46. The zero-order valence-corrected chi connectivity index (χ0v) is 17.1. The lowest BCUT2D eigenvalue weighted by atomic mass is 9.80. The molecule has 0 aliphatic carbocycles. The summed E-state index contributed by atoms with van der Waals surface area (Å²) in [6.07, 6.45) is 3.90. The molecule has 0 aromatic heterocycles. The molecule has 3 nitrogen and oxygen atoms in total. The summed E-state index contributed by atoms with van der Waals surface area (Å²) in [5.74, 6) is -0.873. The third-order valence-electron chi connectivity index (χ3n) is 5.14. The number of esters is 1. The second-order valence-electron chi connectivity index (χ2n) is 7.24. The normalized spacial score (nSPS) is 13.0. The van der Waals surface area contributed by atoms with E-state index >= 15 is 0 Å². The van der Waals surface area contributed by atoms with E-state index in [2.05, 4.69) is 0 Å². The van der Waals surface area contributed by atoms with Crippen LogP contribution in [0.5, 0.6) is 0 Å². The fraction of sp³-hybridized carbons (Fsp3) is 0.185. The largest absolute Gasteiger partial charge is 0.461 e. The minimum atomic E-state index is -0.345. The van der Waals surface area contributed by atoms with Gasteiger partial charge in [-0.1, -0.05) is 104 Å². The van der Waals surface area contributed by atoms with Gasteiger partial charge in [-0.25, -0.2) is 0 Å². The Bertz CT molecular complexity index is 963. The van der Waals surface area contributed by atoms with E-state index in [-0.39, 0.29) is 36.6 Å². The lowest BCUT2D eigenvalue weighted by Crippen LogP contribution is -2.23. The number of ether oxygens (including phenoxy) is 1. The maximum atomic E-state index is 13.0. The first kappa shape index (κ1) is 21.3. The van der Waals surface area contributed by atoms with E-state index in [0.717, 1.165) is 11.1 Å². The smallest absolute Gasteiger partial charge is 0.306 e. The molecule has 0 radical (unpaired) electrons. The highest BCUT2D eigenvalue weighted by Crippen LogP contribution is 2.31. The predicted octanol–water partition coefficient (Wildman–Crippen LogP) is 5.94. The molecule has 0 N–H and O–H groups in total. The van der Waals surface area contributed by atoms with Crippen molar-refractivity contribution in [3.05, 3.63) is 114 Å². The molecule has 0 heterocycles. The molecule has 2 unspecified atom stereocenters. The highest BCUT2D eigenvalue weighted by Gasteiger charge is 2.28. The second-order valence-corrected chi connectivity index (χ2v) is 7.24. The number of hydrogen-bond acceptors (Lipinski definition) is 3. The van der Waals surface area contributed by atoms with E-state index in [4.69, 9.17) is 4.74 Å². The standard InChI is InChI=1S/C27H26O3/c1-21(27(29)24-17-9-4-10-18-24)25(23-15-7-3-8-16-23)20-26(28)30-19-11-14-22-12-5-2-6-13-22/h2-18,21,25H,19-20H2,1H3. The molecule has 0 saturated heterocycles. The number of ketones is 1. The lowest BCUT2D eigenvalue weighted by Gasteiger charge is -2.23. The predicted molar refractivity (Wildman–Crippen MR) is 120 cm³/mol. The molecule has 0 saturated carbocycles. The molecule has 0 spiro atoms. The van der Waals surface area contributed by atoms with Gasteiger partial charge in [-0.15, -0.1) is 0 Å². The first-order valence-electron chi connectivity index (χ1n) is 10.2. The number of hydrogen-bond donors (Lipinski definition) is 0. The highest BCUT2D eigenvalue weighted by atomic mass is 16.5. The molecule has 30 heavy (non-hydrogen) atoms. The minimum Gasteiger partial charge on any atom is -0.461 e. The Hall–Kier alpha value is -3.46. The van der Waals surface area contributed by atoms with Crippen LogP contribution in [0.25, 0.3) is 6.08 Å². The molecule has 0 amide bonds. The van der Waals surface area contributed by atoms with Crippen LogP contribution in [0.15, 0.2) is 97.1 Å². The molecule has 2 atom stereocenters. The molecule has 3 aromatic rings. The lowest BCUT2D eigenvalue weighted by molar-refractivity contribution is -0.143. The molecule has 3 heteroatoms. The Balaban J connectivity index is 1.66. The summed E-state index contributed by atoms with van der Waals surface area (Å²) < 4.78 is 5.41. The van der Waals surface area contributed by atoms with Crippen molar-refractivity contribution >= 4 is 17.8 Å². The quantitative estimate of drug-likeness (QED) is 0.331. The van der Waals surface area contributed by atoms with E-state index in [1.165, 1.54) is 0 Å². The first-order chi connectivity index (χ1) is 14.6. The van der Waals surface area contributed by atoms with Gasteiger partial charge in [0.1, 0.15) is 6.61 Å². The molecule has 0 aliphatic heterocycles. The summed E-state index contributed by atoms with van der Waals surface area (Å²) in [6, 6.07) is 28.8. The second kappa shape index (κ2) is 10.9. The van der Waals surface area contributed by atoms with Crippen LogP contribution in [0.2, 0.25) is 0 Å². The van der Waals surface area contributed by atoms with Gasteiger partial charge in [0, 0.05) is 17.4 Å². The van der Waals surface area contributed by atoms with Gasteiger partial charge in [0.05, 0.1) is 6.42 Å². The molecule has 3 aromatic carbocycles. The van der Waals surface area contributed by atoms with Gasteiger partial charge in [0.25, 0.3) is 0 Å². The molecular weight excluding hydrogens is 372 g/mol. The Labute approximate surface area is 178 Å². The van der Waals surface area contributed by atoms with Crippen molar-refractivity contribution in [2.75, 3.05) is 6.61 Å². The van der Waals surface area contributed by atoms with Crippen LogP contribution in [0, 0.1) is 5.92 Å². The average Bonchev–Trinajstić information content (AvgIpc) is 2.81. The Kier molecular flexibility index (Phi) is 7.73. The van der Waals surface area contributed by atoms with Crippen LogP contribution in [0.4, 0.5) is 0 Å². The Morgan fingerprint density at radius 1 is 0.833 bits per heavy atom. The van der Waals surface area contributed by atoms with Crippen LogP contribution in [-0.4, -0.2) is 18.4 Å². The van der Waals surface area contributed by atoms with Gasteiger partial charge in [0.2, 0.25) is 0 Å². The van der Waals surface area contributed by atoms with E-state index in [1.807, 2.05) is 110 Å². The van der Waals surface area contributed by atoms with Gasteiger partial charge in [-0.05, 0) is 17.2 Å². The van der Waals surface area contributed by atoms with Crippen molar-refractivity contribution in [1.82, 2.24) is 0 Å². The van der Waals surface area contributed by atoms with Crippen LogP contribution in [0.1, 0.15) is 40.7 Å². The van der Waals surface area contributed by atoms with Crippen molar-refractivity contribution in [3.8, 4) is 0 Å². The number of rotatable bonds is 9. The first-order valence-corrected chi connectivity index (χ1v) is 10.2. The number of carbonyl (C=O) groups is 2. The van der Waals surface area contributed by atoms with Gasteiger partial charge in [-0.3, -0.25) is 9.59 Å². The summed E-state index contributed by atoms with van der Waals surface area (Å²) in [5, 5.41) is 0. The number of benzene rings is 3. The Morgan fingerprint density at radius 3 is 2.03 bits per heavy atom. The van der Waals surface area contributed by atoms with E-state index in [9.17, 15) is 9.59 Å². The van der Waals surface area contributed by atoms with E-state index in [0.29, 0.717) is 5.56 Å². The molecule has 152 valence electrons. The average molecular weight is 399 g/mol. The van der Waals surface area contributed by atoms with E-state index < -0.39 is 0 Å². The SMILES string of the molecule is CC(C(=O)c1ccccc1)C(CC(=O)OCC=Cc1ccccc1)c1ccccc1. The van der Waals surface area contributed by atoms with Gasteiger partial charge < -0.3 is 4.74 Å². The molecule has 0 aliphatic rings. The zero-order chi connectivity index (χ0) is 21.2. The van der Waals surface area contributed by atoms with Crippen molar-refractivity contribution in [2.45, 2.75) is 19.3 Å². The van der Waals surface area contributed by atoms with Crippen molar-refractivity contribution < 1.29 is 14.3 Å². The maximum Gasteiger partial charge on any atom is 0.306 e. The van der Waals surface area contributed by atoms with Crippen LogP contribution >= 0.6 is 0 Å². The summed E-state index contributed by atoms with van der Waals surface area (Å²) >= 11 is 0. The maximum absolute atomic E-state index is 13.0. The fourth-order valence-electron chi connectivity index (χ4n) is 3.46. The van der Waals surface area contributed by atoms with Crippen molar-refractivity contribution in [2.24, 2.45) is 5.92 Å². The molecular formula is C27H26O3. The van der Waals surface area contributed by atoms with Crippen LogP contribution in [0.3, 0.4) is 0 Å². The van der Waals surface area contributed by atoms with Crippen molar-refractivity contribution in [1.29, 1.82) is 0 Å². The molecule has 0 fully saturated rings. The number of carbonyl (C=O) groups excluding carboxylic acids is 2. The third-order valence-corrected chi connectivity index (χ3v) is 5.14. The van der Waals surface area contributed by atoms with Gasteiger partial charge in [-0.2, -0.15) is 0 Å². The Morgan fingerprint density at radius 2 is 1.40 bits per heavy atom. The van der Waals surface area contributed by atoms with Crippen LogP contribution < -0.4 is 0 Å². The topological polar surface area (TPSA) is 43.4 Å². The van der Waals surface area contributed by atoms with Gasteiger partial charge >= 0.3 is 5.97 Å². The van der Waals surface area contributed by atoms with Crippen molar-refractivity contribution in [3.63, 3.8) is 0 Å². The zero-order valence-electron chi connectivity index (χ0n) is 17.1. The summed E-state index contributed by atoms with van der Waals surface area (Å²) in [7, 11) is 0. The molecule has 3 rings (SSSR count). The van der Waals surface area contributed by atoms with Crippen LogP contribution in [-0.2, 0) is 9.53 Å². The van der Waals surface area contributed by atoms with E-state index in [1.54, 1.807) is 0 Å². The van der Waals surface area contributed by atoms with Gasteiger partial charge in [0.15, 0.2) is 5.78 Å². The monoisotopic (exact) mass is 398 g/mol. The summed E-state index contributed by atoms with van der Waals surface area (Å²) in [4.78, 5) is 25.5. The highest BCUT2D eigenvalue weighted by molar-refractivity contribution is 5.98. The summed E-state index contributed by atoms with van der Waals surface area (Å²) in [5.41, 5.74) is 2.67.